The summed E-state index contributed by atoms with van der Waals surface area (Å²) in [5.74, 6) is -0.545. The molecule has 158 valence electrons. The number of esters is 1. The van der Waals surface area contributed by atoms with Crippen molar-refractivity contribution >= 4 is 23.0 Å². The topological polar surface area (TPSA) is 94.8 Å². The Morgan fingerprint density at radius 1 is 1.17 bits per heavy atom. The number of amides is 1. The van der Waals surface area contributed by atoms with Crippen LogP contribution in [-0.2, 0) is 16.0 Å². The fraction of sp³-hybridized carbons (Fsp3) is 0.500. The summed E-state index contributed by atoms with van der Waals surface area (Å²) in [6.07, 6.45) is 0.649. The molecule has 1 aromatic carbocycles. The van der Waals surface area contributed by atoms with Crippen molar-refractivity contribution in [3.8, 4) is 5.75 Å². The zero-order valence-corrected chi connectivity index (χ0v) is 17.8. The minimum atomic E-state index is -0.875. The van der Waals surface area contributed by atoms with E-state index in [-0.39, 0.29) is 11.7 Å². The van der Waals surface area contributed by atoms with E-state index in [4.69, 9.17) is 13.9 Å². The monoisotopic (exact) mass is 403 g/mol. The zero-order valence-electron chi connectivity index (χ0n) is 17.8. The first kappa shape index (κ1) is 22.5. The Morgan fingerprint density at radius 2 is 1.86 bits per heavy atom. The molecule has 0 radical (unpaired) electrons. The molecule has 2 rings (SSSR count). The maximum atomic E-state index is 12.8. The Hall–Kier alpha value is -2.83. The average molecular weight is 403 g/mol. The Morgan fingerprint density at radius 3 is 2.45 bits per heavy atom. The molecule has 0 aliphatic rings. The van der Waals surface area contributed by atoms with Crippen molar-refractivity contribution in [2.75, 3.05) is 0 Å². The summed E-state index contributed by atoms with van der Waals surface area (Å²) in [7, 11) is 0. The summed E-state index contributed by atoms with van der Waals surface area (Å²) >= 11 is 0. The van der Waals surface area contributed by atoms with Crippen molar-refractivity contribution < 1.29 is 23.5 Å². The van der Waals surface area contributed by atoms with Gasteiger partial charge in [-0.2, -0.15) is 0 Å². The molecule has 29 heavy (non-hydrogen) atoms. The highest BCUT2D eigenvalue weighted by Crippen LogP contribution is 2.24. The van der Waals surface area contributed by atoms with Crippen LogP contribution in [0.3, 0.4) is 0 Å². The van der Waals surface area contributed by atoms with Crippen molar-refractivity contribution in [3.05, 3.63) is 40.2 Å². The molecule has 0 unspecified atom stereocenters. The number of hydrogen-bond acceptors (Lipinski definition) is 6. The number of alkyl carbamates (subject to hydrolysis) is 1. The van der Waals surface area contributed by atoms with Gasteiger partial charge in [-0.3, -0.25) is 0 Å². The van der Waals surface area contributed by atoms with E-state index >= 15 is 0 Å². The summed E-state index contributed by atoms with van der Waals surface area (Å²) in [6, 6.07) is 5.48. The maximum Gasteiger partial charge on any atom is 0.408 e. The lowest BCUT2D eigenvalue weighted by Crippen LogP contribution is -2.48. The summed E-state index contributed by atoms with van der Waals surface area (Å²) in [5.41, 5.74) is 0.0702. The Bertz CT molecular complexity index is 940. The predicted octanol–water partition coefficient (Wildman–Crippen LogP) is 4.20. The average Bonchev–Trinajstić information content (AvgIpc) is 2.62. The van der Waals surface area contributed by atoms with Gasteiger partial charge in [0.25, 0.3) is 0 Å². The molecule has 1 N–H and O–H groups in total. The second-order valence-electron chi connectivity index (χ2n) is 8.03. The molecule has 2 aromatic rings. The van der Waals surface area contributed by atoms with Gasteiger partial charge in [-0.25, -0.2) is 14.4 Å². The quantitative estimate of drug-likeness (QED) is 0.441. The van der Waals surface area contributed by atoms with E-state index in [1.165, 1.54) is 12.1 Å². The fourth-order valence-electron chi connectivity index (χ4n) is 2.85. The number of nitrogens with one attached hydrogen (secondary N) is 1. The third-order valence-electron chi connectivity index (χ3n) is 4.54. The Kier molecular flexibility index (Phi) is 7.06. The minimum absolute atomic E-state index is 0.167. The summed E-state index contributed by atoms with van der Waals surface area (Å²) in [5, 5.41) is 3.39. The van der Waals surface area contributed by atoms with Gasteiger partial charge in [-0.05, 0) is 50.8 Å². The third-order valence-corrected chi connectivity index (χ3v) is 4.54. The lowest BCUT2D eigenvalue weighted by molar-refractivity contribution is -0.138. The normalized spacial score (nSPS) is 13.6. The first-order chi connectivity index (χ1) is 13.5. The molecule has 2 atom stereocenters. The molecule has 7 heteroatoms. The SMILES string of the molecule is CCc1cc(=O)oc2cc(OC(=O)[C@@H](NC(=O)OC(C)(C)C)[C@H](C)CC)ccc12. The minimum Gasteiger partial charge on any atom is -0.444 e. The van der Waals surface area contributed by atoms with Crippen LogP contribution in [0.1, 0.15) is 53.5 Å². The van der Waals surface area contributed by atoms with E-state index in [9.17, 15) is 14.4 Å². The molecule has 0 saturated carbocycles. The van der Waals surface area contributed by atoms with Gasteiger partial charge >= 0.3 is 17.7 Å². The molecule has 1 aromatic heterocycles. The van der Waals surface area contributed by atoms with E-state index < -0.39 is 29.3 Å². The molecular weight excluding hydrogens is 374 g/mol. The van der Waals surface area contributed by atoms with Crippen LogP contribution in [0.5, 0.6) is 5.75 Å². The summed E-state index contributed by atoms with van der Waals surface area (Å²) in [6.45, 7) is 10.9. The van der Waals surface area contributed by atoms with Crippen molar-refractivity contribution in [3.63, 3.8) is 0 Å². The lowest BCUT2D eigenvalue weighted by Gasteiger charge is -2.25. The molecule has 0 saturated heterocycles. The van der Waals surface area contributed by atoms with Gasteiger partial charge in [0, 0.05) is 17.5 Å². The van der Waals surface area contributed by atoms with Gasteiger partial charge in [0.2, 0.25) is 0 Å². The highest BCUT2D eigenvalue weighted by molar-refractivity contribution is 5.85. The predicted molar refractivity (Wildman–Crippen MR) is 110 cm³/mol. The number of carbonyl (C=O) groups excluding carboxylic acids is 2. The van der Waals surface area contributed by atoms with E-state index in [1.54, 1.807) is 32.9 Å². The molecular formula is C22H29NO6. The number of benzene rings is 1. The molecule has 7 nitrogen and oxygen atoms in total. The molecule has 0 spiro atoms. The number of aryl methyl sites for hydroxylation is 1. The Labute approximate surface area is 170 Å². The number of hydrogen-bond donors (Lipinski definition) is 1. The van der Waals surface area contributed by atoms with Gasteiger partial charge in [-0.15, -0.1) is 0 Å². The van der Waals surface area contributed by atoms with Crippen molar-refractivity contribution in [1.29, 1.82) is 0 Å². The van der Waals surface area contributed by atoms with Gasteiger partial charge in [0.15, 0.2) is 0 Å². The molecule has 1 amide bonds. The van der Waals surface area contributed by atoms with Crippen LogP contribution in [0.25, 0.3) is 11.0 Å². The van der Waals surface area contributed by atoms with Crippen LogP contribution < -0.4 is 15.7 Å². The van der Waals surface area contributed by atoms with Gasteiger partial charge < -0.3 is 19.2 Å². The molecule has 0 bridgehead atoms. The van der Waals surface area contributed by atoms with Crippen LogP contribution in [0.4, 0.5) is 4.79 Å². The van der Waals surface area contributed by atoms with Crippen molar-refractivity contribution in [2.24, 2.45) is 5.92 Å². The first-order valence-electron chi connectivity index (χ1n) is 9.82. The summed E-state index contributed by atoms with van der Waals surface area (Å²) < 4.78 is 16.0. The Balaban J connectivity index is 2.24. The van der Waals surface area contributed by atoms with E-state index in [0.717, 1.165) is 10.9 Å². The largest absolute Gasteiger partial charge is 0.444 e. The molecule has 0 aliphatic carbocycles. The number of carbonyl (C=O) groups is 2. The second-order valence-corrected chi connectivity index (χ2v) is 8.03. The molecule has 0 fully saturated rings. The highest BCUT2D eigenvalue weighted by Gasteiger charge is 2.30. The smallest absolute Gasteiger partial charge is 0.408 e. The van der Waals surface area contributed by atoms with Gasteiger partial charge in [0.1, 0.15) is 23.0 Å². The van der Waals surface area contributed by atoms with Gasteiger partial charge in [-0.1, -0.05) is 27.2 Å². The van der Waals surface area contributed by atoms with E-state index in [0.29, 0.717) is 18.4 Å². The van der Waals surface area contributed by atoms with Crippen molar-refractivity contribution in [2.45, 2.75) is 66.0 Å². The standard InChI is InChI=1S/C22H29NO6/c1-7-13(3)19(23-21(26)29-22(4,5)6)20(25)27-15-9-10-16-14(8-2)11-18(24)28-17(16)12-15/h9-13,19H,7-8H2,1-6H3,(H,23,26)/t13-,19+/m1/s1. The van der Waals surface area contributed by atoms with Crippen LogP contribution in [0, 0.1) is 5.92 Å². The highest BCUT2D eigenvalue weighted by atomic mass is 16.6. The van der Waals surface area contributed by atoms with E-state index in [1.807, 2.05) is 20.8 Å². The van der Waals surface area contributed by atoms with Crippen LogP contribution in [-0.4, -0.2) is 23.7 Å². The first-order valence-corrected chi connectivity index (χ1v) is 9.82. The molecule has 1 heterocycles. The second kappa shape index (κ2) is 9.11. The third kappa shape index (κ3) is 6.07. The maximum absolute atomic E-state index is 12.8. The van der Waals surface area contributed by atoms with Crippen LogP contribution in [0.15, 0.2) is 33.5 Å². The summed E-state index contributed by atoms with van der Waals surface area (Å²) in [4.78, 5) is 36.6. The van der Waals surface area contributed by atoms with Crippen molar-refractivity contribution in [1.82, 2.24) is 5.32 Å². The van der Waals surface area contributed by atoms with E-state index in [2.05, 4.69) is 5.32 Å². The number of ether oxygens (including phenoxy) is 2. The van der Waals surface area contributed by atoms with Crippen LogP contribution >= 0.6 is 0 Å². The lowest BCUT2D eigenvalue weighted by atomic mass is 9.99. The fourth-order valence-corrected chi connectivity index (χ4v) is 2.85. The zero-order chi connectivity index (χ0) is 21.8. The van der Waals surface area contributed by atoms with Gasteiger partial charge in [0.05, 0.1) is 0 Å². The molecule has 0 aliphatic heterocycles. The number of rotatable bonds is 6. The number of fused-ring (bicyclic) bond motifs is 1. The van der Waals surface area contributed by atoms with Crippen LogP contribution in [0.2, 0.25) is 0 Å².